The number of nitrogens with zero attached hydrogens (tertiary/aromatic N) is 4. The second-order valence-corrected chi connectivity index (χ2v) is 9.47. The Bertz CT molecular complexity index is 1440. The normalized spacial score (nSPS) is 11.8. The van der Waals surface area contributed by atoms with Crippen LogP contribution in [0.3, 0.4) is 0 Å². The maximum absolute atomic E-state index is 12.4. The fourth-order valence-corrected chi connectivity index (χ4v) is 4.68. The zero-order valence-electron chi connectivity index (χ0n) is 18.4. The van der Waals surface area contributed by atoms with Gasteiger partial charge in [0.15, 0.2) is 0 Å². The van der Waals surface area contributed by atoms with Crippen molar-refractivity contribution in [2.45, 2.75) is 12.3 Å². The molecule has 0 aliphatic heterocycles. The lowest BCUT2D eigenvalue weighted by atomic mass is 10.1. The number of hydrogen-bond donors (Lipinski definition) is 0. The van der Waals surface area contributed by atoms with Gasteiger partial charge in [0.2, 0.25) is 0 Å². The van der Waals surface area contributed by atoms with Crippen LogP contribution in [-0.2, 0) is 14.1 Å². The molecular weight excluding hydrogens is 475 g/mol. The minimum atomic E-state index is -0.401. The molecule has 0 aliphatic carbocycles. The van der Waals surface area contributed by atoms with Gasteiger partial charge in [-0.1, -0.05) is 23.7 Å². The summed E-state index contributed by atoms with van der Waals surface area (Å²) in [5.41, 5.74) is 5.16. The van der Waals surface area contributed by atoms with Gasteiger partial charge in [-0.25, -0.2) is 9.97 Å². The van der Waals surface area contributed by atoms with Crippen molar-refractivity contribution in [3.8, 4) is 10.4 Å². The standard InChI is InChI=1S/C21H16Cl2N2OS.C4H6N2/c1-12-9-18(27-11-12)15-10-19(26)25(2)17-8-7-16(24-21(15)17)20(23)13-3-5-14(22)6-4-13;1-6-3-2-5-4-6/h3-11,20H,1-2H3;2-4H,1H3. The Labute approximate surface area is 205 Å². The predicted molar refractivity (Wildman–Crippen MR) is 137 cm³/mol. The summed E-state index contributed by atoms with van der Waals surface area (Å²) < 4.78 is 3.50. The molecule has 168 valence electrons. The summed E-state index contributed by atoms with van der Waals surface area (Å²) >= 11 is 14.3. The van der Waals surface area contributed by atoms with Gasteiger partial charge in [0, 0.05) is 48.0 Å². The molecular formula is C25H22Cl2N4OS. The lowest BCUT2D eigenvalue weighted by molar-refractivity contribution is 0.901. The molecule has 0 saturated heterocycles. The number of pyridine rings is 2. The van der Waals surface area contributed by atoms with Crippen molar-refractivity contribution in [1.82, 2.24) is 19.1 Å². The molecule has 0 aliphatic rings. The average Bonchev–Trinajstić information content (AvgIpc) is 3.47. The van der Waals surface area contributed by atoms with Crippen molar-refractivity contribution in [3.63, 3.8) is 0 Å². The number of hydrogen-bond acceptors (Lipinski definition) is 4. The molecule has 0 fully saturated rings. The first-order valence-electron chi connectivity index (χ1n) is 10.2. The molecule has 5 rings (SSSR count). The van der Waals surface area contributed by atoms with E-state index in [1.54, 1.807) is 41.5 Å². The fourth-order valence-electron chi connectivity index (χ4n) is 3.37. The van der Waals surface area contributed by atoms with E-state index in [4.69, 9.17) is 28.2 Å². The number of thiophene rings is 1. The van der Waals surface area contributed by atoms with Crippen LogP contribution >= 0.6 is 34.5 Å². The molecule has 0 N–H and O–H groups in total. The Morgan fingerprint density at radius 2 is 1.82 bits per heavy atom. The van der Waals surface area contributed by atoms with Crippen LogP contribution in [0, 0.1) is 6.92 Å². The third-order valence-electron chi connectivity index (χ3n) is 5.17. The summed E-state index contributed by atoms with van der Waals surface area (Å²) in [5.74, 6) is 0. The molecule has 4 heterocycles. The van der Waals surface area contributed by atoms with Crippen molar-refractivity contribution in [2.75, 3.05) is 0 Å². The highest BCUT2D eigenvalue weighted by atomic mass is 35.5. The van der Waals surface area contributed by atoms with Crippen LogP contribution in [0.2, 0.25) is 5.02 Å². The third kappa shape index (κ3) is 5.19. The lowest BCUT2D eigenvalue weighted by Gasteiger charge is -2.13. The number of alkyl halides is 1. The summed E-state index contributed by atoms with van der Waals surface area (Å²) in [5, 5.41) is 2.34. The van der Waals surface area contributed by atoms with Gasteiger partial charge in [0.25, 0.3) is 5.56 Å². The second kappa shape index (κ2) is 9.91. The van der Waals surface area contributed by atoms with E-state index in [0.717, 1.165) is 38.3 Å². The number of aryl methyl sites for hydroxylation is 3. The van der Waals surface area contributed by atoms with Crippen molar-refractivity contribution >= 4 is 45.6 Å². The SMILES string of the molecule is Cc1csc(-c2cc(=O)n(C)c3ccc(C(Cl)c4ccc(Cl)cc4)nc23)c1.Cn1ccnc1. The van der Waals surface area contributed by atoms with Gasteiger partial charge in [0.1, 0.15) is 5.38 Å². The number of benzene rings is 1. The number of imidazole rings is 1. The minimum Gasteiger partial charge on any atom is -0.341 e. The van der Waals surface area contributed by atoms with E-state index in [1.165, 1.54) is 0 Å². The summed E-state index contributed by atoms with van der Waals surface area (Å²) in [4.78, 5) is 22.1. The first-order chi connectivity index (χ1) is 15.8. The molecule has 0 amide bonds. The van der Waals surface area contributed by atoms with Crippen LogP contribution in [0.4, 0.5) is 0 Å². The maximum Gasteiger partial charge on any atom is 0.251 e. The molecule has 0 spiro atoms. The quantitative estimate of drug-likeness (QED) is 0.272. The van der Waals surface area contributed by atoms with E-state index < -0.39 is 5.38 Å². The van der Waals surface area contributed by atoms with Gasteiger partial charge in [-0.05, 0) is 53.8 Å². The molecule has 1 atom stereocenters. The lowest BCUT2D eigenvalue weighted by Crippen LogP contribution is -2.17. The summed E-state index contributed by atoms with van der Waals surface area (Å²) in [6, 6.07) is 14.9. The molecule has 0 saturated carbocycles. The van der Waals surface area contributed by atoms with Crippen molar-refractivity contribution in [1.29, 1.82) is 0 Å². The van der Waals surface area contributed by atoms with Gasteiger partial charge in [-0.2, -0.15) is 0 Å². The number of rotatable bonds is 3. The molecule has 8 heteroatoms. The smallest absolute Gasteiger partial charge is 0.251 e. The molecule has 1 unspecified atom stereocenters. The molecule has 0 bridgehead atoms. The Kier molecular flexibility index (Phi) is 6.98. The Hall–Kier alpha value is -2.93. The van der Waals surface area contributed by atoms with Gasteiger partial charge in [-0.15, -0.1) is 22.9 Å². The third-order valence-corrected chi connectivity index (χ3v) is 6.97. The molecule has 33 heavy (non-hydrogen) atoms. The van der Waals surface area contributed by atoms with Crippen molar-refractivity contribution in [3.05, 3.63) is 105 Å². The highest BCUT2D eigenvalue weighted by Gasteiger charge is 2.17. The van der Waals surface area contributed by atoms with Crippen molar-refractivity contribution < 1.29 is 0 Å². The summed E-state index contributed by atoms with van der Waals surface area (Å²) in [6.45, 7) is 2.04. The maximum atomic E-state index is 12.4. The second-order valence-electron chi connectivity index (χ2n) is 7.69. The highest BCUT2D eigenvalue weighted by molar-refractivity contribution is 7.13. The molecule has 5 nitrogen and oxygen atoms in total. The summed E-state index contributed by atoms with van der Waals surface area (Å²) in [6.07, 6.45) is 5.39. The Balaban J connectivity index is 0.000000376. The van der Waals surface area contributed by atoms with Crippen LogP contribution in [-0.4, -0.2) is 19.1 Å². The van der Waals surface area contributed by atoms with Gasteiger partial charge in [0.05, 0.1) is 23.1 Å². The largest absolute Gasteiger partial charge is 0.341 e. The summed E-state index contributed by atoms with van der Waals surface area (Å²) in [7, 11) is 3.69. The predicted octanol–water partition coefficient (Wildman–Crippen LogP) is 6.37. The van der Waals surface area contributed by atoms with Gasteiger partial charge in [-0.3, -0.25) is 4.79 Å². The van der Waals surface area contributed by atoms with Crippen LogP contribution < -0.4 is 5.56 Å². The van der Waals surface area contributed by atoms with Crippen LogP contribution in [0.5, 0.6) is 0 Å². The van der Waals surface area contributed by atoms with E-state index in [0.29, 0.717) is 5.02 Å². The fraction of sp³-hybridized carbons (Fsp3) is 0.160. The zero-order valence-corrected chi connectivity index (χ0v) is 20.7. The molecule has 4 aromatic heterocycles. The van der Waals surface area contributed by atoms with E-state index in [-0.39, 0.29) is 5.56 Å². The number of halogens is 2. The average molecular weight is 497 g/mol. The minimum absolute atomic E-state index is 0.0572. The monoisotopic (exact) mass is 496 g/mol. The molecule has 0 radical (unpaired) electrons. The van der Waals surface area contributed by atoms with Gasteiger partial charge >= 0.3 is 0 Å². The van der Waals surface area contributed by atoms with Crippen LogP contribution in [0.1, 0.15) is 22.2 Å². The van der Waals surface area contributed by atoms with Crippen LogP contribution in [0.15, 0.2) is 77.4 Å². The Morgan fingerprint density at radius 1 is 1.06 bits per heavy atom. The molecule has 1 aromatic carbocycles. The first-order valence-corrected chi connectivity index (χ1v) is 11.9. The van der Waals surface area contributed by atoms with E-state index in [2.05, 4.69) is 16.4 Å². The first kappa shape index (κ1) is 23.2. The van der Waals surface area contributed by atoms with E-state index in [1.807, 2.05) is 61.1 Å². The van der Waals surface area contributed by atoms with Gasteiger partial charge < -0.3 is 9.13 Å². The Morgan fingerprint density at radius 3 is 2.39 bits per heavy atom. The molecule has 5 aromatic rings. The zero-order chi connectivity index (χ0) is 23.5. The van der Waals surface area contributed by atoms with E-state index >= 15 is 0 Å². The van der Waals surface area contributed by atoms with Crippen molar-refractivity contribution in [2.24, 2.45) is 14.1 Å². The van der Waals surface area contributed by atoms with E-state index in [9.17, 15) is 4.79 Å². The highest BCUT2D eigenvalue weighted by Crippen LogP contribution is 2.34. The van der Waals surface area contributed by atoms with Crippen LogP contribution in [0.25, 0.3) is 21.5 Å². The number of fused-ring (bicyclic) bond motifs is 1. The number of aromatic nitrogens is 4. The topological polar surface area (TPSA) is 52.7 Å².